The molecule has 3 aromatic rings. The van der Waals surface area contributed by atoms with Crippen LogP contribution in [0.1, 0.15) is 40.5 Å². The number of hydrogen-bond acceptors (Lipinski definition) is 6. The molecule has 0 unspecified atom stereocenters. The smallest absolute Gasteiger partial charge is 0.361 e. The van der Waals surface area contributed by atoms with E-state index in [9.17, 15) is 9.59 Å². The van der Waals surface area contributed by atoms with Crippen LogP contribution in [-0.4, -0.2) is 29.4 Å². The lowest BCUT2D eigenvalue weighted by atomic mass is 10.1. The first kappa shape index (κ1) is 19.4. The quantitative estimate of drug-likeness (QED) is 0.445. The van der Waals surface area contributed by atoms with Gasteiger partial charge in [-0.1, -0.05) is 18.2 Å². The van der Waals surface area contributed by atoms with Crippen molar-refractivity contribution < 1.29 is 23.5 Å². The second kappa shape index (κ2) is 8.52. The van der Waals surface area contributed by atoms with Crippen molar-refractivity contribution in [3.63, 3.8) is 0 Å². The highest BCUT2D eigenvalue weighted by Crippen LogP contribution is 2.22. The number of oxazole rings is 1. The summed E-state index contributed by atoms with van der Waals surface area (Å²) in [6, 6.07) is 16.0. The fraction of sp³-hybridized carbons (Fsp3) is 0.227. The molecule has 2 aromatic carbocycles. The van der Waals surface area contributed by atoms with E-state index in [1.54, 1.807) is 31.2 Å². The molecular weight excluding hydrogens is 358 g/mol. The Morgan fingerprint density at radius 2 is 1.75 bits per heavy atom. The maximum absolute atomic E-state index is 12.5. The lowest BCUT2D eigenvalue weighted by Crippen LogP contribution is -2.25. The van der Waals surface area contributed by atoms with E-state index in [0.717, 1.165) is 5.56 Å². The van der Waals surface area contributed by atoms with Crippen LogP contribution in [0.3, 0.4) is 0 Å². The van der Waals surface area contributed by atoms with Crippen LogP contribution in [0.15, 0.2) is 59.0 Å². The molecule has 0 radical (unpaired) electrons. The third-order valence-corrected chi connectivity index (χ3v) is 4.11. The number of ether oxygens (including phenoxy) is 2. The standard InChI is InChI=1S/C22H21NO5/c1-4-26-18-12-10-16(11-13-18)20(24)15(3)28-22(25)19-14(2)27-21(23-19)17-8-6-5-7-9-17/h5-13,15H,4H2,1-3H3/t15-/m0/s1. The summed E-state index contributed by atoms with van der Waals surface area (Å²) in [6.45, 7) is 5.60. The van der Waals surface area contributed by atoms with E-state index < -0.39 is 12.1 Å². The highest BCUT2D eigenvalue weighted by Gasteiger charge is 2.25. The molecule has 0 fully saturated rings. The normalized spacial score (nSPS) is 11.7. The predicted molar refractivity (Wildman–Crippen MR) is 103 cm³/mol. The van der Waals surface area contributed by atoms with E-state index >= 15 is 0 Å². The van der Waals surface area contributed by atoms with Gasteiger partial charge >= 0.3 is 5.97 Å². The number of hydrogen-bond donors (Lipinski definition) is 0. The Morgan fingerprint density at radius 3 is 2.39 bits per heavy atom. The first-order valence-corrected chi connectivity index (χ1v) is 9.00. The van der Waals surface area contributed by atoms with Crippen LogP contribution in [0.4, 0.5) is 0 Å². The zero-order chi connectivity index (χ0) is 20.1. The van der Waals surface area contributed by atoms with E-state index in [1.807, 2.05) is 37.3 Å². The second-order valence-electron chi connectivity index (χ2n) is 6.16. The Bertz CT molecular complexity index is 960. The van der Waals surface area contributed by atoms with E-state index in [4.69, 9.17) is 13.9 Å². The summed E-state index contributed by atoms with van der Waals surface area (Å²) < 4.78 is 16.3. The zero-order valence-electron chi connectivity index (χ0n) is 16.0. The number of carbonyl (C=O) groups is 2. The van der Waals surface area contributed by atoms with E-state index in [0.29, 0.717) is 29.6 Å². The van der Waals surface area contributed by atoms with Crippen molar-refractivity contribution in [3.05, 3.63) is 71.6 Å². The minimum Gasteiger partial charge on any atom is -0.494 e. The number of aromatic nitrogens is 1. The molecule has 0 spiro atoms. The largest absolute Gasteiger partial charge is 0.494 e. The van der Waals surface area contributed by atoms with Crippen LogP contribution < -0.4 is 4.74 Å². The third kappa shape index (κ3) is 4.28. The fourth-order valence-corrected chi connectivity index (χ4v) is 2.68. The third-order valence-electron chi connectivity index (χ3n) is 4.11. The van der Waals surface area contributed by atoms with Crippen molar-refractivity contribution in [3.8, 4) is 17.2 Å². The molecule has 0 saturated carbocycles. The Hall–Kier alpha value is -3.41. The minimum absolute atomic E-state index is 0.0604. The van der Waals surface area contributed by atoms with Gasteiger partial charge in [0.05, 0.1) is 6.61 Å². The number of rotatable bonds is 7. The summed E-state index contributed by atoms with van der Waals surface area (Å²) in [6.07, 6.45) is -0.957. The highest BCUT2D eigenvalue weighted by atomic mass is 16.5. The lowest BCUT2D eigenvalue weighted by Gasteiger charge is -2.12. The van der Waals surface area contributed by atoms with Crippen molar-refractivity contribution in [2.75, 3.05) is 6.61 Å². The van der Waals surface area contributed by atoms with Gasteiger partial charge in [-0.15, -0.1) is 0 Å². The van der Waals surface area contributed by atoms with Crippen LogP contribution in [0.2, 0.25) is 0 Å². The van der Waals surface area contributed by atoms with Gasteiger partial charge in [0.1, 0.15) is 11.5 Å². The highest BCUT2D eigenvalue weighted by molar-refractivity contribution is 6.01. The number of aryl methyl sites for hydroxylation is 1. The van der Waals surface area contributed by atoms with E-state index in [1.165, 1.54) is 6.92 Å². The monoisotopic (exact) mass is 379 g/mol. The summed E-state index contributed by atoms with van der Waals surface area (Å²) in [7, 11) is 0. The Labute approximate surface area is 163 Å². The molecule has 0 aliphatic heterocycles. The maximum atomic E-state index is 12.5. The Balaban J connectivity index is 1.70. The summed E-state index contributed by atoms with van der Waals surface area (Å²) in [5, 5.41) is 0. The van der Waals surface area contributed by atoms with Crippen molar-refractivity contribution in [2.45, 2.75) is 26.9 Å². The van der Waals surface area contributed by atoms with Crippen LogP contribution in [0, 0.1) is 6.92 Å². The van der Waals surface area contributed by atoms with Gasteiger partial charge in [-0.05, 0) is 57.2 Å². The summed E-state index contributed by atoms with van der Waals surface area (Å²) in [5.41, 5.74) is 1.25. The molecule has 28 heavy (non-hydrogen) atoms. The molecule has 144 valence electrons. The number of esters is 1. The van der Waals surface area contributed by atoms with Crippen LogP contribution >= 0.6 is 0 Å². The molecule has 6 heteroatoms. The van der Waals surface area contributed by atoms with Gasteiger partial charge in [0.25, 0.3) is 0 Å². The van der Waals surface area contributed by atoms with Gasteiger partial charge in [-0.25, -0.2) is 9.78 Å². The van der Waals surface area contributed by atoms with E-state index in [2.05, 4.69) is 4.98 Å². The molecule has 3 rings (SSSR count). The van der Waals surface area contributed by atoms with Gasteiger partial charge in [0.2, 0.25) is 11.7 Å². The topological polar surface area (TPSA) is 78.6 Å². The average Bonchev–Trinajstić information content (AvgIpc) is 3.11. The van der Waals surface area contributed by atoms with Gasteiger partial charge in [0, 0.05) is 11.1 Å². The molecule has 0 N–H and O–H groups in total. The van der Waals surface area contributed by atoms with Gasteiger partial charge in [-0.3, -0.25) is 4.79 Å². The Kier molecular flexibility index (Phi) is 5.89. The number of nitrogens with zero attached hydrogens (tertiary/aromatic N) is 1. The first-order valence-electron chi connectivity index (χ1n) is 9.00. The molecular formula is C22H21NO5. The zero-order valence-corrected chi connectivity index (χ0v) is 16.0. The minimum atomic E-state index is -0.957. The molecule has 1 heterocycles. The summed E-state index contributed by atoms with van der Waals surface area (Å²) in [4.78, 5) is 29.2. The average molecular weight is 379 g/mol. The van der Waals surface area contributed by atoms with Crippen LogP contribution in [-0.2, 0) is 4.74 Å². The van der Waals surface area contributed by atoms with Gasteiger partial charge in [0.15, 0.2) is 11.8 Å². The SMILES string of the molecule is CCOc1ccc(C(=O)[C@H](C)OC(=O)c2nc(-c3ccccc3)oc2C)cc1. The molecule has 1 atom stereocenters. The van der Waals surface area contributed by atoms with Crippen molar-refractivity contribution in [1.29, 1.82) is 0 Å². The van der Waals surface area contributed by atoms with Crippen molar-refractivity contribution in [1.82, 2.24) is 4.98 Å². The summed E-state index contributed by atoms with van der Waals surface area (Å²) >= 11 is 0. The molecule has 1 aromatic heterocycles. The van der Waals surface area contributed by atoms with E-state index in [-0.39, 0.29) is 11.5 Å². The number of carbonyl (C=O) groups excluding carboxylic acids is 2. The van der Waals surface area contributed by atoms with Crippen LogP contribution in [0.5, 0.6) is 5.75 Å². The van der Waals surface area contributed by atoms with Gasteiger partial charge in [-0.2, -0.15) is 0 Å². The number of ketones is 1. The van der Waals surface area contributed by atoms with Crippen molar-refractivity contribution >= 4 is 11.8 Å². The predicted octanol–water partition coefficient (Wildman–Crippen LogP) is 4.48. The second-order valence-corrected chi connectivity index (χ2v) is 6.16. The lowest BCUT2D eigenvalue weighted by molar-refractivity contribution is 0.0312. The van der Waals surface area contributed by atoms with Crippen LogP contribution in [0.25, 0.3) is 11.5 Å². The fourth-order valence-electron chi connectivity index (χ4n) is 2.68. The first-order chi connectivity index (χ1) is 13.5. The molecule has 0 aliphatic rings. The molecule has 0 saturated heterocycles. The molecule has 0 aliphatic carbocycles. The maximum Gasteiger partial charge on any atom is 0.361 e. The van der Waals surface area contributed by atoms with Gasteiger partial charge < -0.3 is 13.9 Å². The Morgan fingerprint density at radius 1 is 1.07 bits per heavy atom. The summed E-state index contributed by atoms with van der Waals surface area (Å²) in [5.74, 6) is 0.339. The van der Waals surface area contributed by atoms with Crippen molar-refractivity contribution in [2.24, 2.45) is 0 Å². The molecule has 6 nitrogen and oxygen atoms in total. The number of Topliss-reactive ketones (excluding diaryl/α,β-unsaturated/α-hetero) is 1. The molecule has 0 bridgehead atoms. The number of benzene rings is 2. The molecule has 0 amide bonds.